The molecule has 0 atom stereocenters. The van der Waals surface area contributed by atoms with Crippen LogP contribution in [0.1, 0.15) is 0 Å². The van der Waals surface area contributed by atoms with E-state index in [0.717, 1.165) is 14.7 Å². The molecule has 19 heavy (non-hydrogen) atoms. The van der Waals surface area contributed by atoms with Crippen LogP contribution in [0.2, 0.25) is 0 Å². The largest absolute Gasteiger partial charge is 0.494 e. The summed E-state index contributed by atoms with van der Waals surface area (Å²) in [4.78, 5) is 16.2. The molecule has 0 unspecified atom stereocenters. The van der Waals surface area contributed by atoms with Gasteiger partial charge in [0.2, 0.25) is 5.76 Å². The molecule has 98 valence electrons. The standard InChI is InChI=1S/C12H9BrN2O3S/c13-7-1-2-8-10(5-7)19-12(14-8)15-11(16)9-6-17-3-4-18-9/h1-2,5-6H,3-4H2,(H,14,15,16). The van der Waals surface area contributed by atoms with Crippen LogP contribution in [-0.2, 0) is 14.3 Å². The smallest absolute Gasteiger partial charge is 0.295 e. The molecule has 1 aliphatic heterocycles. The summed E-state index contributed by atoms with van der Waals surface area (Å²) in [5, 5.41) is 3.24. The molecule has 2 heterocycles. The highest BCUT2D eigenvalue weighted by Crippen LogP contribution is 2.28. The Morgan fingerprint density at radius 2 is 2.32 bits per heavy atom. The monoisotopic (exact) mass is 340 g/mol. The van der Waals surface area contributed by atoms with Crippen molar-refractivity contribution in [3.05, 3.63) is 34.7 Å². The molecule has 1 aromatic carbocycles. The van der Waals surface area contributed by atoms with E-state index in [2.05, 4.69) is 26.2 Å². The number of fused-ring (bicyclic) bond motifs is 1. The molecule has 1 aliphatic rings. The Hall–Kier alpha value is -1.60. The molecule has 0 fully saturated rings. The molecule has 1 aromatic heterocycles. The lowest BCUT2D eigenvalue weighted by molar-refractivity contribution is -0.117. The van der Waals surface area contributed by atoms with Crippen molar-refractivity contribution < 1.29 is 14.3 Å². The van der Waals surface area contributed by atoms with Gasteiger partial charge in [0.15, 0.2) is 5.13 Å². The normalized spacial score (nSPS) is 14.5. The van der Waals surface area contributed by atoms with Gasteiger partial charge in [0.05, 0.1) is 10.2 Å². The number of benzene rings is 1. The minimum Gasteiger partial charge on any atom is -0.494 e. The summed E-state index contributed by atoms with van der Waals surface area (Å²) < 4.78 is 12.2. The van der Waals surface area contributed by atoms with E-state index < -0.39 is 0 Å². The van der Waals surface area contributed by atoms with Crippen LogP contribution in [0.15, 0.2) is 34.7 Å². The molecule has 0 bridgehead atoms. The molecule has 0 saturated heterocycles. The van der Waals surface area contributed by atoms with E-state index in [1.165, 1.54) is 17.6 Å². The van der Waals surface area contributed by atoms with Crippen molar-refractivity contribution in [1.82, 2.24) is 4.98 Å². The third-order valence-corrected chi connectivity index (χ3v) is 3.87. The Bertz CT molecular complexity index is 668. The Morgan fingerprint density at radius 1 is 1.42 bits per heavy atom. The van der Waals surface area contributed by atoms with Crippen molar-refractivity contribution in [2.24, 2.45) is 0 Å². The Balaban J connectivity index is 1.81. The van der Waals surface area contributed by atoms with Gasteiger partial charge in [-0.1, -0.05) is 27.3 Å². The van der Waals surface area contributed by atoms with Crippen LogP contribution in [0.3, 0.4) is 0 Å². The van der Waals surface area contributed by atoms with E-state index >= 15 is 0 Å². The molecule has 1 amide bonds. The van der Waals surface area contributed by atoms with E-state index in [1.54, 1.807) is 0 Å². The fraction of sp³-hybridized carbons (Fsp3) is 0.167. The van der Waals surface area contributed by atoms with E-state index in [9.17, 15) is 4.79 Å². The first-order valence-corrected chi connectivity index (χ1v) is 7.15. The van der Waals surface area contributed by atoms with Gasteiger partial charge in [0.25, 0.3) is 5.91 Å². The summed E-state index contributed by atoms with van der Waals surface area (Å²) in [5.41, 5.74) is 0.846. The van der Waals surface area contributed by atoms with E-state index in [0.29, 0.717) is 18.3 Å². The first-order valence-electron chi connectivity index (χ1n) is 5.54. The topological polar surface area (TPSA) is 60.5 Å². The number of carbonyl (C=O) groups is 1. The number of aromatic nitrogens is 1. The van der Waals surface area contributed by atoms with Gasteiger partial charge >= 0.3 is 0 Å². The van der Waals surface area contributed by atoms with Gasteiger partial charge < -0.3 is 9.47 Å². The molecule has 2 aromatic rings. The minimum absolute atomic E-state index is 0.173. The summed E-state index contributed by atoms with van der Waals surface area (Å²) in [5.74, 6) is -0.176. The van der Waals surface area contributed by atoms with E-state index in [1.807, 2.05) is 18.2 Å². The lowest BCUT2D eigenvalue weighted by atomic mass is 10.3. The van der Waals surface area contributed by atoms with Crippen LogP contribution in [0, 0.1) is 0 Å². The summed E-state index contributed by atoms with van der Waals surface area (Å²) in [6.45, 7) is 0.845. The predicted octanol–water partition coefficient (Wildman–Crippen LogP) is 2.89. The van der Waals surface area contributed by atoms with Crippen LogP contribution < -0.4 is 5.32 Å². The number of hydrogen-bond acceptors (Lipinski definition) is 5. The van der Waals surface area contributed by atoms with Gasteiger partial charge in [-0.25, -0.2) is 4.98 Å². The average Bonchev–Trinajstić information content (AvgIpc) is 2.81. The second kappa shape index (κ2) is 5.18. The van der Waals surface area contributed by atoms with Gasteiger partial charge in [0.1, 0.15) is 19.5 Å². The van der Waals surface area contributed by atoms with Gasteiger partial charge in [-0.3, -0.25) is 10.1 Å². The number of thiazole rings is 1. The Labute approximate surface area is 121 Å². The van der Waals surface area contributed by atoms with Crippen molar-refractivity contribution in [3.63, 3.8) is 0 Å². The van der Waals surface area contributed by atoms with Crippen molar-refractivity contribution in [3.8, 4) is 0 Å². The zero-order valence-electron chi connectivity index (χ0n) is 9.68. The van der Waals surface area contributed by atoms with Crippen molar-refractivity contribution in [1.29, 1.82) is 0 Å². The molecule has 3 rings (SSSR count). The maximum atomic E-state index is 11.9. The van der Waals surface area contributed by atoms with Crippen molar-refractivity contribution >= 4 is 48.5 Å². The lowest BCUT2D eigenvalue weighted by Gasteiger charge is -2.13. The Kier molecular flexibility index (Phi) is 3.39. The minimum atomic E-state index is -0.349. The first-order chi connectivity index (χ1) is 9.22. The molecular weight excluding hydrogens is 332 g/mol. The number of nitrogens with zero attached hydrogens (tertiary/aromatic N) is 1. The molecule has 5 nitrogen and oxygen atoms in total. The molecular formula is C12H9BrN2O3S. The second-order valence-corrected chi connectivity index (χ2v) is 5.73. The zero-order chi connectivity index (χ0) is 13.2. The molecule has 0 aliphatic carbocycles. The van der Waals surface area contributed by atoms with Crippen LogP contribution in [-0.4, -0.2) is 24.1 Å². The zero-order valence-corrected chi connectivity index (χ0v) is 12.1. The predicted molar refractivity (Wildman–Crippen MR) is 75.9 cm³/mol. The number of carbonyl (C=O) groups excluding carboxylic acids is 1. The summed E-state index contributed by atoms with van der Waals surface area (Å²) >= 11 is 4.81. The maximum absolute atomic E-state index is 11.9. The van der Waals surface area contributed by atoms with Gasteiger partial charge in [-0.2, -0.15) is 0 Å². The second-order valence-electron chi connectivity index (χ2n) is 3.79. The maximum Gasteiger partial charge on any atom is 0.295 e. The summed E-state index contributed by atoms with van der Waals surface area (Å²) in [7, 11) is 0. The van der Waals surface area contributed by atoms with Crippen LogP contribution in [0.25, 0.3) is 10.2 Å². The number of hydrogen-bond donors (Lipinski definition) is 1. The number of amides is 1. The van der Waals surface area contributed by atoms with Crippen molar-refractivity contribution in [2.45, 2.75) is 0 Å². The SMILES string of the molecule is O=C(Nc1nc2ccc(Br)cc2s1)C1=COCCO1. The fourth-order valence-corrected chi connectivity index (χ4v) is 3.01. The van der Waals surface area contributed by atoms with Crippen LogP contribution >= 0.6 is 27.3 Å². The quantitative estimate of drug-likeness (QED) is 0.913. The van der Waals surface area contributed by atoms with Crippen LogP contribution in [0.4, 0.5) is 5.13 Å². The molecule has 1 N–H and O–H groups in total. The third kappa shape index (κ3) is 2.71. The molecule has 7 heteroatoms. The first kappa shape index (κ1) is 12.4. The summed E-state index contributed by atoms with van der Waals surface area (Å²) in [6.07, 6.45) is 1.32. The van der Waals surface area contributed by atoms with E-state index in [4.69, 9.17) is 9.47 Å². The van der Waals surface area contributed by atoms with Crippen LogP contribution in [0.5, 0.6) is 0 Å². The van der Waals surface area contributed by atoms with Gasteiger partial charge in [-0.15, -0.1) is 0 Å². The van der Waals surface area contributed by atoms with Gasteiger partial charge in [-0.05, 0) is 18.2 Å². The Morgan fingerprint density at radius 3 is 3.11 bits per heavy atom. The fourth-order valence-electron chi connectivity index (χ4n) is 1.60. The lowest BCUT2D eigenvalue weighted by Crippen LogP contribution is -2.20. The number of halogens is 1. The number of anilines is 1. The highest BCUT2D eigenvalue weighted by Gasteiger charge is 2.16. The molecule has 0 spiro atoms. The molecule has 0 radical (unpaired) electrons. The average molecular weight is 341 g/mol. The van der Waals surface area contributed by atoms with Crippen molar-refractivity contribution in [2.75, 3.05) is 18.5 Å². The highest BCUT2D eigenvalue weighted by atomic mass is 79.9. The van der Waals surface area contributed by atoms with Gasteiger partial charge in [0, 0.05) is 4.47 Å². The van der Waals surface area contributed by atoms with E-state index in [-0.39, 0.29) is 11.7 Å². The highest BCUT2D eigenvalue weighted by molar-refractivity contribution is 9.10. The number of rotatable bonds is 2. The number of nitrogens with one attached hydrogen (secondary N) is 1. The number of ether oxygens (including phenoxy) is 2. The summed E-state index contributed by atoms with van der Waals surface area (Å²) in [6, 6.07) is 5.77. The third-order valence-electron chi connectivity index (χ3n) is 2.44. The molecule has 0 saturated carbocycles.